The number of aromatic nitrogens is 1. The molecule has 2 heterocycles. The summed E-state index contributed by atoms with van der Waals surface area (Å²) in [7, 11) is 1.53. The number of hydrogen-bond acceptors (Lipinski definition) is 7. The number of aryl methyl sites for hydroxylation is 1. The maximum absolute atomic E-state index is 12.6. The Labute approximate surface area is 189 Å². The lowest BCUT2D eigenvalue weighted by atomic mass is 10.0. The summed E-state index contributed by atoms with van der Waals surface area (Å²) in [5, 5.41) is 14.5. The van der Waals surface area contributed by atoms with Gasteiger partial charge in [-0.3, -0.25) is 19.3 Å². The van der Waals surface area contributed by atoms with Crippen LogP contribution >= 0.6 is 0 Å². The molecule has 11 nitrogen and oxygen atoms in total. The molecule has 1 fully saturated rings. The van der Waals surface area contributed by atoms with Crippen molar-refractivity contribution in [1.82, 2.24) is 15.2 Å². The van der Waals surface area contributed by atoms with Gasteiger partial charge in [0.2, 0.25) is 5.91 Å². The maximum Gasteiger partial charge on any atom is 0.335 e. The number of carbonyl (C=O) groups is 3. The van der Waals surface area contributed by atoms with Crippen molar-refractivity contribution >= 4 is 29.3 Å². The van der Waals surface area contributed by atoms with E-state index in [1.807, 2.05) is 4.90 Å². The van der Waals surface area contributed by atoms with E-state index in [-0.39, 0.29) is 41.5 Å². The molecule has 1 aliphatic rings. The molecule has 2 aromatic rings. The zero-order chi connectivity index (χ0) is 24.1. The van der Waals surface area contributed by atoms with E-state index in [0.717, 1.165) is 0 Å². The van der Waals surface area contributed by atoms with Gasteiger partial charge in [-0.1, -0.05) is 0 Å². The standard InChI is InChI=1S/C22H27N5O6/c1-12-9-15(21(30)26-19(12)23)20(29)25-16-7-8-27(10-17(16)33-2)11-18(28)24-14-5-3-13(4-6-14)22(31)32/h3-6,9,16-17H,7-8,10-11H2,1-2H3,(H,24,28)(H,25,29)(H,31,32)(H3,23,26,30). The van der Waals surface area contributed by atoms with Crippen LogP contribution in [0.5, 0.6) is 0 Å². The summed E-state index contributed by atoms with van der Waals surface area (Å²) >= 11 is 0. The largest absolute Gasteiger partial charge is 0.478 e. The molecular formula is C22H27N5O6. The molecule has 0 aliphatic carbocycles. The van der Waals surface area contributed by atoms with Crippen molar-refractivity contribution in [3.05, 3.63) is 57.4 Å². The van der Waals surface area contributed by atoms with Crippen LogP contribution in [-0.2, 0) is 9.53 Å². The van der Waals surface area contributed by atoms with Crippen LogP contribution in [0.4, 0.5) is 11.5 Å². The molecule has 1 aliphatic heterocycles. The molecule has 1 aromatic carbocycles. The highest BCUT2D eigenvalue weighted by Gasteiger charge is 2.32. The van der Waals surface area contributed by atoms with Crippen molar-refractivity contribution in [3.8, 4) is 0 Å². The third-order valence-corrected chi connectivity index (χ3v) is 5.57. The zero-order valence-corrected chi connectivity index (χ0v) is 18.4. The van der Waals surface area contributed by atoms with Crippen LogP contribution in [0.25, 0.3) is 0 Å². The molecular weight excluding hydrogens is 430 g/mol. The number of amides is 2. The van der Waals surface area contributed by atoms with Gasteiger partial charge in [0.1, 0.15) is 11.4 Å². The molecule has 11 heteroatoms. The van der Waals surface area contributed by atoms with Crippen LogP contribution in [0.3, 0.4) is 0 Å². The number of carbonyl (C=O) groups excluding carboxylic acids is 2. The first kappa shape index (κ1) is 24.0. The van der Waals surface area contributed by atoms with Gasteiger partial charge in [-0.05, 0) is 49.2 Å². The Morgan fingerprint density at radius 2 is 1.97 bits per heavy atom. The lowest BCUT2D eigenvalue weighted by molar-refractivity contribution is -0.118. The molecule has 0 bridgehead atoms. The lowest BCUT2D eigenvalue weighted by Crippen LogP contribution is -2.56. The van der Waals surface area contributed by atoms with Crippen molar-refractivity contribution in [3.63, 3.8) is 0 Å². The minimum absolute atomic E-state index is 0.0210. The van der Waals surface area contributed by atoms with Gasteiger partial charge >= 0.3 is 5.97 Å². The fourth-order valence-electron chi connectivity index (χ4n) is 3.69. The van der Waals surface area contributed by atoms with Crippen LogP contribution in [-0.4, -0.2) is 71.7 Å². The number of anilines is 2. The summed E-state index contributed by atoms with van der Waals surface area (Å²) in [6, 6.07) is 7.01. The molecule has 6 N–H and O–H groups in total. The number of aromatic amines is 1. The number of nitrogens with one attached hydrogen (secondary N) is 3. The Morgan fingerprint density at radius 1 is 1.27 bits per heavy atom. The Morgan fingerprint density at radius 3 is 2.61 bits per heavy atom. The number of likely N-dealkylation sites (tertiary alicyclic amines) is 1. The summed E-state index contributed by atoms with van der Waals surface area (Å²) in [4.78, 5) is 52.4. The van der Waals surface area contributed by atoms with E-state index >= 15 is 0 Å². The number of pyridine rings is 1. The molecule has 33 heavy (non-hydrogen) atoms. The van der Waals surface area contributed by atoms with Crippen LogP contribution in [0.2, 0.25) is 0 Å². The second-order valence-corrected chi connectivity index (χ2v) is 7.92. The predicted molar refractivity (Wildman–Crippen MR) is 121 cm³/mol. The minimum atomic E-state index is -1.04. The van der Waals surface area contributed by atoms with E-state index in [1.54, 1.807) is 6.92 Å². The van der Waals surface area contributed by atoms with Gasteiger partial charge in [0.25, 0.3) is 11.5 Å². The molecule has 0 spiro atoms. The van der Waals surface area contributed by atoms with Gasteiger partial charge in [0, 0.05) is 25.9 Å². The Hall–Kier alpha value is -3.70. The summed E-state index contributed by atoms with van der Waals surface area (Å²) < 4.78 is 5.53. The molecule has 0 radical (unpaired) electrons. The first-order valence-corrected chi connectivity index (χ1v) is 10.4. The fraction of sp³-hybridized carbons (Fsp3) is 0.364. The van der Waals surface area contributed by atoms with E-state index in [9.17, 15) is 19.2 Å². The number of benzene rings is 1. The first-order valence-electron chi connectivity index (χ1n) is 10.4. The highest BCUT2D eigenvalue weighted by Crippen LogP contribution is 2.16. The molecule has 2 atom stereocenters. The summed E-state index contributed by atoms with van der Waals surface area (Å²) in [6.07, 6.45) is 0.149. The lowest BCUT2D eigenvalue weighted by Gasteiger charge is -2.37. The van der Waals surface area contributed by atoms with Gasteiger partial charge in [0.05, 0.1) is 24.3 Å². The molecule has 176 valence electrons. The number of methoxy groups -OCH3 is 1. The highest BCUT2D eigenvalue weighted by molar-refractivity contribution is 5.95. The number of carboxylic acid groups (broad SMARTS) is 1. The van der Waals surface area contributed by atoms with Gasteiger partial charge < -0.3 is 31.2 Å². The van der Waals surface area contributed by atoms with Gasteiger partial charge in [-0.25, -0.2) is 4.79 Å². The van der Waals surface area contributed by atoms with E-state index in [2.05, 4.69) is 15.6 Å². The first-order chi connectivity index (χ1) is 15.7. The summed E-state index contributed by atoms with van der Waals surface area (Å²) in [5.41, 5.74) is 6.32. The number of hydrogen-bond donors (Lipinski definition) is 5. The quantitative estimate of drug-likeness (QED) is 0.399. The average molecular weight is 457 g/mol. The third-order valence-electron chi connectivity index (χ3n) is 5.57. The predicted octanol–water partition coefficient (Wildman–Crippen LogP) is 0.422. The number of rotatable bonds is 7. The minimum Gasteiger partial charge on any atom is -0.478 e. The second kappa shape index (κ2) is 10.3. The number of H-pyrrole nitrogens is 1. The highest BCUT2D eigenvalue weighted by atomic mass is 16.5. The van der Waals surface area contributed by atoms with Crippen molar-refractivity contribution in [2.45, 2.75) is 25.5 Å². The number of piperidine rings is 1. The van der Waals surface area contributed by atoms with Crippen molar-refractivity contribution < 1.29 is 24.2 Å². The SMILES string of the molecule is COC1CN(CC(=O)Nc2ccc(C(=O)O)cc2)CCC1NC(=O)c1cc(C)c(N)[nH]c1=O. The van der Waals surface area contributed by atoms with E-state index in [0.29, 0.717) is 30.8 Å². The zero-order valence-electron chi connectivity index (χ0n) is 18.4. The van der Waals surface area contributed by atoms with Crippen LogP contribution in [0, 0.1) is 6.92 Å². The van der Waals surface area contributed by atoms with E-state index in [4.69, 9.17) is 15.6 Å². The molecule has 2 unspecified atom stereocenters. The smallest absolute Gasteiger partial charge is 0.335 e. The molecule has 0 saturated carbocycles. The van der Waals surface area contributed by atoms with Crippen LogP contribution in [0.1, 0.15) is 32.7 Å². The second-order valence-electron chi connectivity index (χ2n) is 7.92. The topological polar surface area (TPSA) is 167 Å². The Kier molecular flexibility index (Phi) is 7.46. The Bertz CT molecular complexity index is 1100. The average Bonchev–Trinajstić information content (AvgIpc) is 2.77. The number of aromatic carboxylic acids is 1. The summed E-state index contributed by atoms with van der Waals surface area (Å²) in [5.74, 6) is -1.58. The van der Waals surface area contributed by atoms with Crippen LogP contribution < -0.4 is 21.9 Å². The van der Waals surface area contributed by atoms with Crippen LogP contribution in [0.15, 0.2) is 35.1 Å². The maximum atomic E-state index is 12.6. The number of nitrogen functional groups attached to an aromatic ring is 1. The monoisotopic (exact) mass is 457 g/mol. The van der Waals surface area contributed by atoms with Crippen molar-refractivity contribution in [2.24, 2.45) is 0 Å². The molecule has 1 saturated heterocycles. The molecule has 1 aromatic heterocycles. The van der Waals surface area contributed by atoms with Crippen molar-refractivity contribution in [1.29, 1.82) is 0 Å². The van der Waals surface area contributed by atoms with Gasteiger partial charge in [-0.2, -0.15) is 0 Å². The molecule has 2 amide bonds. The van der Waals surface area contributed by atoms with Crippen molar-refractivity contribution in [2.75, 3.05) is 37.8 Å². The van der Waals surface area contributed by atoms with Gasteiger partial charge in [-0.15, -0.1) is 0 Å². The number of nitrogens with two attached hydrogens (primary N) is 1. The fourth-order valence-corrected chi connectivity index (χ4v) is 3.69. The third kappa shape index (κ3) is 5.96. The van der Waals surface area contributed by atoms with Gasteiger partial charge in [0.15, 0.2) is 0 Å². The normalized spacial score (nSPS) is 18.5. The van der Waals surface area contributed by atoms with E-state index < -0.39 is 17.4 Å². The number of ether oxygens (including phenoxy) is 1. The molecule has 3 rings (SSSR count). The number of nitrogens with zero attached hydrogens (tertiary/aromatic N) is 1. The summed E-state index contributed by atoms with van der Waals surface area (Å²) in [6.45, 7) is 2.75. The van der Waals surface area contributed by atoms with E-state index in [1.165, 1.54) is 37.4 Å². The Balaban J connectivity index is 1.56. The number of carboxylic acids is 1.